The van der Waals surface area contributed by atoms with Gasteiger partial charge in [0, 0.05) is 12.1 Å². The summed E-state index contributed by atoms with van der Waals surface area (Å²) in [7, 11) is 0. The average Bonchev–Trinajstić information content (AvgIpc) is 2.78. The maximum absolute atomic E-state index is 9.35. The fourth-order valence-corrected chi connectivity index (χ4v) is 3.38. The highest BCUT2D eigenvalue weighted by Crippen LogP contribution is 2.27. The highest BCUT2D eigenvalue weighted by atomic mass is 16.5. The van der Waals surface area contributed by atoms with Crippen molar-refractivity contribution in [3.63, 3.8) is 0 Å². The van der Waals surface area contributed by atoms with Crippen molar-refractivity contribution in [2.24, 2.45) is 10.1 Å². The van der Waals surface area contributed by atoms with Crippen LogP contribution in [-0.4, -0.2) is 23.9 Å². The van der Waals surface area contributed by atoms with Gasteiger partial charge in [-0.15, -0.1) is 0 Å². The average molecular weight is 382 g/mol. The summed E-state index contributed by atoms with van der Waals surface area (Å²) >= 11 is 0. The van der Waals surface area contributed by atoms with E-state index in [1.165, 1.54) is 5.56 Å². The number of guanidine groups is 1. The second kappa shape index (κ2) is 8.99. The molecule has 0 saturated carbocycles. The largest absolute Gasteiger partial charge is 0.288 e. The van der Waals surface area contributed by atoms with Crippen LogP contribution in [0.2, 0.25) is 0 Å². The SMILES string of the molecule is ONC(=NCCc1ccccc1)N/N=C/c1c2ccccc2cc2ccccc12. The molecule has 0 atom stereocenters. The number of aliphatic imine (C=N–C) groups is 1. The molecular weight excluding hydrogens is 360 g/mol. The molecule has 0 bridgehead atoms. The van der Waals surface area contributed by atoms with Gasteiger partial charge in [-0.2, -0.15) is 5.10 Å². The highest BCUT2D eigenvalue weighted by Gasteiger charge is 2.05. The van der Waals surface area contributed by atoms with Gasteiger partial charge in [0.25, 0.3) is 0 Å². The second-order valence-corrected chi connectivity index (χ2v) is 6.68. The minimum absolute atomic E-state index is 0.210. The molecule has 3 N–H and O–H groups in total. The molecule has 0 unspecified atom stereocenters. The smallest absolute Gasteiger partial charge is 0.236 e. The normalized spacial score (nSPS) is 12.0. The van der Waals surface area contributed by atoms with Crippen LogP contribution in [0.25, 0.3) is 21.5 Å². The van der Waals surface area contributed by atoms with Crippen molar-refractivity contribution in [2.45, 2.75) is 6.42 Å². The molecule has 4 rings (SSSR count). The summed E-state index contributed by atoms with van der Waals surface area (Å²) in [4.78, 5) is 4.32. The summed E-state index contributed by atoms with van der Waals surface area (Å²) in [6, 6.07) is 28.7. The van der Waals surface area contributed by atoms with E-state index in [9.17, 15) is 5.21 Å². The standard InChI is InChI=1S/C24H22N4O/c29-28-24(25-15-14-18-8-2-1-3-9-18)27-26-17-23-21-12-6-4-10-19(21)16-20-11-5-7-13-22(20)23/h1-13,16-17,29H,14-15H2,(H2,25,27,28)/b26-17+. The summed E-state index contributed by atoms with van der Waals surface area (Å²) in [5.74, 6) is 0.210. The number of hydrogen-bond acceptors (Lipinski definition) is 3. The molecule has 0 aliphatic carbocycles. The third-order valence-electron chi connectivity index (χ3n) is 4.80. The van der Waals surface area contributed by atoms with E-state index in [0.717, 1.165) is 33.5 Å². The number of nitrogens with one attached hydrogen (secondary N) is 2. The van der Waals surface area contributed by atoms with Gasteiger partial charge in [-0.1, -0.05) is 78.9 Å². The van der Waals surface area contributed by atoms with Gasteiger partial charge in [0.15, 0.2) is 0 Å². The van der Waals surface area contributed by atoms with Crippen molar-refractivity contribution < 1.29 is 5.21 Å². The molecule has 0 fully saturated rings. The number of hydroxylamine groups is 1. The Bertz CT molecular complexity index is 1120. The lowest BCUT2D eigenvalue weighted by Gasteiger charge is -2.08. The van der Waals surface area contributed by atoms with E-state index in [1.54, 1.807) is 6.21 Å². The fourth-order valence-electron chi connectivity index (χ4n) is 3.38. The topological polar surface area (TPSA) is 69.0 Å². The lowest BCUT2D eigenvalue weighted by atomic mass is 9.97. The number of hydrazone groups is 1. The quantitative estimate of drug-likeness (QED) is 0.206. The molecule has 4 aromatic rings. The van der Waals surface area contributed by atoms with E-state index in [4.69, 9.17) is 0 Å². The third kappa shape index (κ3) is 4.42. The van der Waals surface area contributed by atoms with Crippen LogP contribution in [0.1, 0.15) is 11.1 Å². The van der Waals surface area contributed by atoms with Gasteiger partial charge in [0.1, 0.15) is 0 Å². The maximum atomic E-state index is 9.35. The molecule has 0 amide bonds. The van der Waals surface area contributed by atoms with Gasteiger partial charge in [-0.25, -0.2) is 15.9 Å². The van der Waals surface area contributed by atoms with Crippen LogP contribution in [0.3, 0.4) is 0 Å². The lowest BCUT2D eigenvalue weighted by molar-refractivity contribution is 0.229. The van der Waals surface area contributed by atoms with Gasteiger partial charge >= 0.3 is 0 Å². The zero-order chi connectivity index (χ0) is 19.9. The van der Waals surface area contributed by atoms with Crippen molar-refractivity contribution in [1.29, 1.82) is 0 Å². The van der Waals surface area contributed by atoms with E-state index in [2.05, 4.69) is 63.5 Å². The van der Waals surface area contributed by atoms with E-state index in [1.807, 2.05) is 42.5 Å². The second-order valence-electron chi connectivity index (χ2n) is 6.68. The fraction of sp³-hybridized carbons (Fsp3) is 0.0833. The van der Waals surface area contributed by atoms with E-state index >= 15 is 0 Å². The maximum Gasteiger partial charge on any atom is 0.236 e. The summed E-state index contributed by atoms with van der Waals surface area (Å²) in [6.07, 6.45) is 2.56. The van der Waals surface area contributed by atoms with Gasteiger partial charge in [-0.05, 0) is 39.6 Å². The van der Waals surface area contributed by atoms with Crippen molar-refractivity contribution in [3.05, 3.63) is 96.1 Å². The van der Waals surface area contributed by atoms with Crippen molar-refractivity contribution in [2.75, 3.05) is 6.54 Å². The lowest BCUT2D eigenvalue weighted by Crippen LogP contribution is -2.32. The molecule has 4 aromatic carbocycles. The monoisotopic (exact) mass is 382 g/mol. The zero-order valence-corrected chi connectivity index (χ0v) is 15.9. The minimum atomic E-state index is 0.210. The predicted molar refractivity (Wildman–Crippen MR) is 120 cm³/mol. The first kappa shape index (κ1) is 18.7. The zero-order valence-electron chi connectivity index (χ0n) is 15.9. The Morgan fingerprint density at radius 3 is 2.10 bits per heavy atom. The van der Waals surface area contributed by atoms with E-state index in [0.29, 0.717) is 6.54 Å². The highest BCUT2D eigenvalue weighted by molar-refractivity contribution is 6.13. The van der Waals surface area contributed by atoms with Crippen LogP contribution >= 0.6 is 0 Å². The molecule has 0 spiro atoms. The molecule has 144 valence electrons. The molecule has 0 saturated heterocycles. The Morgan fingerprint density at radius 2 is 1.45 bits per heavy atom. The van der Waals surface area contributed by atoms with Crippen LogP contribution in [-0.2, 0) is 6.42 Å². The Labute approximate surface area is 169 Å². The predicted octanol–water partition coefficient (Wildman–Crippen LogP) is 4.49. The number of benzene rings is 4. The number of nitrogens with zero attached hydrogens (tertiary/aromatic N) is 2. The molecule has 5 heteroatoms. The molecule has 5 nitrogen and oxygen atoms in total. The molecule has 0 heterocycles. The number of hydrogen-bond donors (Lipinski definition) is 3. The van der Waals surface area contributed by atoms with Crippen LogP contribution in [0.15, 0.2) is 95.0 Å². The summed E-state index contributed by atoms with van der Waals surface area (Å²) < 4.78 is 0. The Hall–Kier alpha value is -3.70. The van der Waals surface area contributed by atoms with Crippen molar-refractivity contribution >= 4 is 33.7 Å². The van der Waals surface area contributed by atoms with Crippen LogP contribution < -0.4 is 10.9 Å². The Balaban J connectivity index is 1.54. The molecular formula is C24H22N4O. The first-order chi connectivity index (χ1) is 14.3. The summed E-state index contributed by atoms with van der Waals surface area (Å²) in [5.41, 5.74) is 7.08. The number of rotatable bonds is 5. The summed E-state index contributed by atoms with van der Waals surface area (Å²) in [6.45, 7) is 0.534. The van der Waals surface area contributed by atoms with Gasteiger partial charge in [0.2, 0.25) is 5.96 Å². The first-order valence-electron chi connectivity index (χ1n) is 9.53. The molecule has 0 radical (unpaired) electrons. The Kier molecular flexibility index (Phi) is 5.78. The minimum Gasteiger partial charge on any atom is -0.288 e. The number of fused-ring (bicyclic) bond motifs is 2. The van der Waals surface area contributed by atoms with Gasteiger partial charge in [0.05, 0.1) is 6.21 Å². The van der Waals surface area contributed by atoms with Crippen LogP contribution in [0.4, 0.5) is 0 Å². The Morgan fingerprint density at radius 1 is 0.828 bits per heavy atom. The molecule has 0 aliphatic heterocycles. The van der Waals surface area contributed by atoms with Gasteiger partial charge < -0.3 is 0 Å². The van der Waals surface area contributed by atoms with Crippen molar-refractivity contribution in [3.8, 4) is 0 Å². The molecule has 29 heavy (non-hydrogen) atoms. The van der Waals surface area contributed by atoms with E-state index < -0.39 is 0 Å². The van der Waals surface area contributed by atoms with Crippen LogP contribution in [0.5, 0.6) is 0 Å². The first-order valence-corrected chi connectivity index (χ1v) is 9.53. The summed E-state index contributed by atoms with van der Waals surface area (Å²) in [5, 5.41) is 18.2. The molecule has 0 aliphatic rings. The molecule has 0 aromatic heterocycles. The third-order valence-corrected chi connectivity index (χ3v) is 4.80. The van der Waals surface area contributed by atoms with Crippen LogP contribution in [0, 0.1) is 0 Å². The van der Waals surface area contributed by atoms with E-state index in [-0.39, 0.29) is 5.96 Å². The van der Waals surface area contributed by atoms with Gasteiger partial charge in [-0.3, -0.25) is 5.21 Å². The van der Waals surface area contributed by atoms with Crippen molar-refractivity contribution in [1.82, 2.24) is 10.9 Å².